The number of aliphatic carboxylic acids is 1. The van der Waals surface area contributed by atoms with Gasteiger partial charge in [-0.25, -0.2) is 8.42 Å². The lowest BCUT2D eigenvalue weighted by Crippen LogP contribution is -2.43. The highest BCUT2D eigenvalue weighted by molar-refractivity contribution is 7.91. The molecule has 3 N–H and O–H groups in total. The van der Waals surface area contributed by atoms with Crippen molar-refractivity contribution in [3.63, 3.8) is 0 Å². The fourth-order valence-electron chi connectivity index (χ4n) is 1.54. The monoisotopic (exact) mass is 207 g/mol. The molecular weight excluding hydrogens is 194 g/mol. The third-order valence-corrected chi connectivity index (χ3v) is 4.14. The predicted molar refractivity (Wildman–Crippen MR) is 47.0 cm³/mol. The lowest BCUT2D eigenvalue weighted by atomic mass is 9.97. The molecule has 0 saturated carbocycles. The third kappa shape index (κ3) is 2.67. The van der Waals surface area contributed by atoms with E-state index in [-0.39, 0.29) is 11.5 Å². The van der Waals surface area contributed by atoms with Crippen molar-refractivity contribution >= 4 is 15.8 Å². The molecule has 2 unspecified atom stereocenters. The van der Waals surface area contributed by atoms with Crippen molar-refractivity contribution in [1.82, 2.24) is 0 Å². The summed E-state index contributed by atoms with van der Waals surface area (Å²) in [6.45, 7) is 0. The number of rotatable bonds is 2. The van der Waals surface area contributed by atoms with Crippen molar-refractivity contribution in [2.45, 2.75) is 18.9 Å². The van der Waals surface area contributed by atoms with Crippen molar-refractivity contribution in [2.24, 2.45) is 11.7 Å². The van der Waals surface area contributed by atoms with Crippen molar-refractivity contribution < 1.29 is 18.3 Å². The maximum atomic E-state index is 11.1. The molecule has 6 heteroatoms. The van der Waals surface area contributed by atoms with Gasteiger partial charge in [0, 0.05) is 0 Å². The van der Waals surface area contributed by atoms with Crippen LogP contribution in [0.5, 0.6) is 0 Å². The predicted octanol–water partition coefficient (Wildman–Crippen LogP) is -0.777. The Morgan fingerprint density at radius 1 is 1.54 bits per heavy atom. The second kappa shape index (κ2) is 3.63. The summed E-state index contributed by atoms with van der Waals surface area (Å²) in [5, 5.41) is 8.58. The van der Waals surface area contributed by atoms with E-state index in [9.17, 15) is 13.2 Å². The minimum absolute atomic E-state index is 0.0829. The summed E-state index contributed by atoms with van der Waals surface area (Å²) < 4.78 is 22.3. The molecule has 0 aromatic rings. The van der Waals surface area contributed by atoms with E-state index >= 15 is 0 Å². The average molecular weight is 207 g/mol. The quantitative estimate of drug-likeness (QED) is 0.619. The number of carboxylic acids is 1. The SMILES string of the molecule is NC(C(=O)O)C1CCCS(=O)(=O)C1. The fourth-order valence-corrected chi connectivity index (χ4v) is 3.34. The third-order valence-electron chi connectivity index (χ3n) is 2.29. The van der Waals surface area contributed by atoms with E-state index in [4.69, 9.17) is 10.8 Å². The van der Waals surface area contributed by atoms with Crippen molar-refractivity contribution in [3.05, 3.63) is 0 Å². The molecule has 0 aromatic carbocycles. The van der Waals surface area contributed by atoms with Gasteiger partial charge in [0.05, 0.1) is 11.5 Å². The van der Waals surface area contributed by atoms with Crippen LogP contribution in [0.25, 0.3) is 0 Å². The van der Waals surface area contributed by atoms with Crippen LogP contribution in [-0.2, 0) is 14.6 Å². The molecule has 5 nitrogen and oxygen atoms in total. The van der Waals surface area contributed by atoms with E-state index in [2.05, 4.69) is 0 Å². The molecular formula is C7H13NO4S. The number of nitrogens with two attached hydrogens (primary N) is 1. The first kappa shape index (κ1) is 10.5. The van der Waals surface area contributed by atoms with Crippen LogP contribution in [0.2, 0.25) is 0 Å². The van der Waals surface area contributed by atoms with Crippen molar-refractivity contribution in [2.75, 3.05) is 11.5 Å². The molecule has 0 radical (unpaired) electrons. The molecule has 0 amide bonds. The first-order valence-electron chi connectivity index (χ1n) is 4.11. The Morgan fingerprint density at radius 2 is 2.15 bits per heavy atom. The van der Waals surface area contributed by atoms with Crippen LogP contribution in [-0.4, -0.2) is 37.0 Å². The van der Waals surface area contributed by atoms with E-state index in [0.29, 0.717) is 12.8 Å². The van der Waals surface area contributed by atoms with Gasteiger partial charge in [-0.15, -0.1) is 0 Å². The lowest BCUT2D eigenvalue weighted by Gasteiger charge is -2.24. The van der Waals surface area contributed by atoms with Crippen LogP contribution in [0, 0.1) is 5.92 Å². The Labute approximate surface area is 76.8 Å². The number of hydrogen-bond acceptors (Lipinski definition) is 4. The highest BCUT2D eigenvalue weighted by atomic mass is 32.2. The Morgan fingerprint density at radius 3 is 2.62 bits per heavy atom. The molecule has 1 aliphatic rings. The summed E-state index contributed by atoms with van der Waals surface area (Å²) in [5.74, 6) is -1.46. The lowest BCUT2D eigenvalue weighted by molar-refractivity contribution is -0.139. The number of carboxylic acid groups (broad SMARTS) is 1. The smallest absolute Gasteiger partial charge is 0.320 e. The zero-order chi connectivity index (χ0) is 10.1. The molecule has 0 bridgehead atoms. The Kier molecular flexibility index (Phi) is 2.92. The van der Waals surface area contributed by atoms with Gasteiger partial charge in [-0.1, -0.05) is 0 Å². The van der Waals surface area contributed by atoms with Gasteiger partial charge in [0.1, 0.15) is 6.04 Å². The van der Waals surface area contributed by atoms with Gasteiger partial charge in [0.25, 0.3) is 0 Å². The van der Waals surface area contributed by atoms with Gasteiger partial charge in [0.2, 0.25) is 0 Å². The number of hydrogen-bond donors (Lipinski definition) is 2. The summed E-state index contributed by atoms with van der Waals surface area (Å²) in [7, 11) is -3.05. The van der Waals surface area contributed by atoms with Gasteiger partial charge in [-0.3, -0.25) is 4.79 Å². The Balaban J connectivity index is 2.67. The molecule has 0 spiro atoms. The standard InChI is InChI=1S/C7H13NO4S/c8-6(7(9)10)5-2-1-3-13(11,12)4-5/h5-6H,1-4,8H2,(H,9,10). The maximum absolute atomic E-state index is 11.1. The topological polar surface area (TPSA) is 97.5 Å². The number of carbonyl (C=O) groups is 1. The molecule has 1 heterocycles. The average Bonchev–Trinajstić information content (AvgIpc) is 2.01. The van der Waals surface area contributed by atoms with E-state index in [0.717, 1.165) is 0 Å². The van der Waals surface area contributed by atoms with Crippen LogP contribution in [0.4, 0.5) is 0 Å². The summed E-state index contributed by atoms with van der Waals surface area (Å²) >= 11 is 0. The minimum atomic E-state index is -3.05. The highest BCUT2D eigenvalue weighted by Crippen LogP contribution is 2.20. The van der Waals surface area contributed by atoms with Gasteiger partial charge in [0.15, 0.2) is 9.84 Å². The van der Waals surface area contributed by atoms with E-state index < -0.39 is 27.8 Å². The second-order valence-electron chi connectivity index (χ2n) is 3.38. The molecule has 0 aliphatic carbocycles. The summed E-state index contributed by atoms with van der Waals surface area (Å²) in [5.41, 5.74) is 5.35. The number of sulfone groups is 1. The molecule has 1 rings (SSSR count). The normalized spacial score (nSPS) is 29.5. The van der Waals surface area contributed by atoms with Gasteiger partial charge in [-0.05, 0) is 18.8 Å². The first-order chi connectivity index (χ1) is 5.92. The zero-order valence-electron chi connectivity index (χ0n) is 7.14. The second-order valence-corrected chi connectivity index (χ2v) is 5.61. The summed E-state index contributed by atoms with van der Waals surface area (Å²) in [4.78, 5) is 10.5. The van der Waals surface area contributed by atoms with Gasteiger partial charge >= 0.3 is 5.97 Å². The zero-order valence-corrected chi connectivity index (χ0v) is 7.96. The van der Waals surface area contributed by atoms with E-state index in [1.165, 1.54) is 0 Å². The molecule has 0 aromatic heterocycles. The molecule has 1 saturated heterocycles. The van der Waals surface area contributed by atoms with Crippen molar-refractivity contribution in [3.8, 4) is 0 Å². The summed E-state index contributed by atoms with van der Waals surface area (Å²) in [6, 6.07) is -1.05. The fraction of sp³-hybridized carbons (Fsp3) is 0.857. The van der Waals surface area contributed by atoms with Crippen molar-refractivity contribution in [1.29, 1.82) is 0 Å². The first-order valence-corrected chi connectivity index (χ1v) is 5.93. The van der Waals surface area contributed by atoms with Gasteiger partial charge < -0.3 is 10.8 Å². The molecule has 76 valence electrons. The Bertz CT molecular complexity index is 298. The molecule has 1 fully saturated rings. The maximum Gasteiger partial charge on any atom is 0.320 e. The summed E-state index contributed by atoms with van der Waals surface area (Å²) in [6.07, 6.45) is 1.11. The van der Waals surface area contributed by atoms with Crippen LogP contribution >= 0.6 is 0 Å². The van der Waals surface area contributed by atoms with Crippen LogP contribution in [0.1, 0.15) is 12.8 Å². The minimum Gasteiger partial charge on any atom is -0.480 e. The molecule has 2 atom stereocenters. The van der Waals surface area contributed by atoms with Gasteiger partial charge in [-0.2, -0.15) is 0 Å². The van der Waals surface area contributed by atoms with Crippen LogP contribution in [0.15, 0.2) is 0 Å². The van der Waals surface area contributed by atoms with Crippen LogP contribution < -0.4 is 5.73 Å². The highest BCUT2D eigenvalue weighted by Gasteiger charge is 2.32. The molecule has 13 heavy (non-hydrogen) atoms. The van der Waals surface area contributed by atoms with Crippen LogP contribution in [0.3, 0.4) is 0 Å². The molecule has 1 aliphatic heterocycles. The largest absolute Gasteiger partial charge is 0.480 e. The van der Waals surface area contributed by atoms with E-state index in [1.807, 2.05) is 0 Å². The Hall–Kier alpha value is -0.620. The van der Waals surface area contributed by atoms with E-state index in [1.54, 1.807) is 0 Å².